The Labute approximate surface area is 228 Å². The number of hydrogen-bond donors (Lipinski definition) is 0. The van der Waals surface area contributed by atoms with Crippen molar-refractivity contribution in [3.63, 3.8) is 0 Å². The van der Waals surface area contributed by atoms with Crippen LogP contribution >= 0.6 is 0 Å². The quantitative estimate of drug-likeness (QED) is 0.233. The van der Waals surface area contributed by atoms with Gasteiger partial charge in [-0.1, -0.05) is 6.07 Å². The van der Waals surface area contributed by atoms with Gasteiger partial charge < -0.3 is 9.13 Å². The molecule has 5 heterocycles. The van der Waals surface area contributed by atoms with Gasteiger partial charge in [0.2, 0.25) is 0 Å². The molecule has 9 nitrogen and oxygen atoms in total. The van der Waals surface area contributed by atoms with Crippen molar-refractivity contribution in [2.24, 2.45) is 0 Å². The summed E-state index contributed by atoms with van der Waals surface area (Å²) in [5, 5.41) is 8.15. The van der Waals surface area contributed by atoms with Crippen LogP contribution in [0.2, 0.25) is 0 Å². The Bertz CT molecular complexity index is 1210. The van der Waals surface area contributed by atoms with Crippen LogP contribution in [0.1, 0.15) is 22.5 Å². The van der Waals surface area contributed by atoms with E-state index in [1.54, 1.807) is 22.0 Å². The molecular formula is C27H24IrN9. The van der Waals surface area contributed by atoms with Gasteiger partial charge in [-0.05, 0) is 12.1 Å². The van der Waals surface area contributed by atoms with Gasteiger partial charge in [-0.3, -0.25) is 14.3 Å². The van der Waals surface area contributed by atoms with Crippen molar-refractivity contribution in [1.29, 1.82) is 0 Å². The van der Waals surface area contributed by atoms with Crippen molar-refractivity contribution in [1.82, 2.24) is 43.6 Å². The van der Waals surface area contributed by atoms with Gasteiger partial charge in [0.05, 0.1) is 11.4 Å². The normalized spacial score (nSPS) is 10.4. The van der Waals surface area contributed by atoms with Crippen molar-refractivity contribution in [3.05, 3.63) is 139 Å². The second-order valence-corrected chi connectivity index (χ2v) is 8.04. The van der Waals surface area contributed by atoms with E-state index >= 15 is 0 Å². The van der Waals surface area contributed by atoms with E-state index in [2.05, 4.69) is 43.6 Å². The minimum absolute atomic E-state index is 0. The van der Waals surface area contributed by atoms with Gasteiger partial charge in [0.1, 0.15) is 25.3 Å². The number of benzene rings is 1. The van der Waals surface area contributed by atoms with Crippen LogP contribution in [0.25, 0.3) is 0 Å². The molecule has 1 aromatic carbocycles. The van der Waals surface area contributed by atoms with Crippen molar-refractivity contribution >= 4 is 0 Å². The summed E-state index contributed by atoms with van der Waals surface area (Å²) in [4.78, 5) is 12.5. The molecule has 0 N–H and O–H groups in total. The van der Waals surface area contributed by atoms with Gasteiger partial charge in [0.25, 0.3) is 0 Å². The maximum Gasteiger partial charge on any atom is 3.00 e. The summed E-state index contributed by atoms with van der Waals surface area (Å²) in [6.45, 7) is 2.86. The third-order valence-corrected chi connectivity index (χ3v) is 5.25. The summed E-state index contributed by atoms with van der Waals surface area (Å²) in [6, 6.07) is 23.3. The Hall–Kier alpha value is -4.14. The maximum atomic E-state index is 4.64. The van der Waals surface area contributed by atoms with Gasteiger partial charge in [0, 0.05) is 26.2 Å². The van der Waals surface area contributed by atoms with Gasteiger partial charge in [-0.25, -0.2) is 9.97 Å². The van der Waals surface area contributed by atoms with E-state index < -0.39 is 0 Å². The van der Waals surface area contributed by atoms with Crippen LogP contribution in [0.5, 0.6) is 0 Å². The zero-order valence-electron chi connectivity index (χ0n) is 19.9. The van der Waals surface area contributed by atoms with E-state index in [-0.39, 0.29) is 20.1 Å². The molecule has 37 heavy (non-hydrogen) atoms. The maximum absolute atomic E-state index is 4.64. The predicted molar refractivity (Wildman–Crippen MR) is 133 cm³/mol. The molecule has 0 spiro atoms. The van der Waals surface area contributed by atoms with Crippen LogP contribution in [0.15, 0.2) is 98.4 Å². The summed E-state index contributed by atoms with van der Waals surface area (Å²) in [7, 11) is 0. The number of rotatable bonds is 8. The Balaban J connectivity index is 0.000000168. The van der Waals surface area contributed by atoms with Gasteiger partial charge in [-0.2, -0.15) is 58.7 Å². The second-order valence-electron chi connectivity index (χ2n) is 8.04. The fraction of sp³-hybridized carbons (Fsp3) is 0.148. The molecule has 0 saturated carbocycles. The number of pyridine rings is 1. The molecule has 0 fully saturated rings. The van der Waals surface area contributed by atoms with E-state index in [1.807, 2.05) is 82.2 Å². The van der Waals surface area contributed by atoms with E-state index in [0.717, 1.165) is 35.6 Å². The molecule has 0 unspecified atom stereocenters. The molecule has 5 aromatic heterocycles. The summed E-state index contributed by atoms with van der Waals surface area (Å²) in [6.07, 6.45) is 16.7. The van der Waals surface area contributed by atoms with Gasteiger partial charge in [0.15, 0.2) is 0 Å². The molecule has 6 aromatic rings. The van der Waals surface area contributed by atoms with Crippen molar-refractivity contribution in [2.75, 3.05) is 0 Å². The standard InChI is InChI=1S/C15H13N3.C12H11N6.Ir/c1-2-9-17(8-1)12-14-6-5-7-15(16-14)13-18-10-3-4-11-18;1-2-11(5-17-9-13-7-15-17)4-12(3-1)6-18-10-14-8-16-18;/h1-8,10H,12-13H2;1-3,7-10H,5-6H2;/q-2;-1;+3. The molecule has 0 aliphatic rings. The molecule has 0 saturated heterocycles. The molecule has 6 rings (SSSR count). The average molecular weight is 667 g/mol. The SMILES string of the molecule is [Ir+3].[c-]1c(Cn2cncn2)cccc1Cn1cncn1.[c-]1cccn1Cc1cccc(Cn2[c-]ccc2)n1. The monoisotopic (exact) mass is 667 g/mol. The first kappa shape index (κ1) is 25.9. The molecule has 0 aliphatic carbocycles. The molecule has 0 amide bonds. The third-order valence-electron chi connectivity index (χ3n) is 5.25. The van der Waals surface area contributed by atoms with Gasteiger partial charge >= 0.3 is 20.1 Å². The molecule has 0 radical (unpaired) electrons. The predicted octanol–water partition coefficient (Wildman–Crippen LogP) is 3.15. The largest absolute Gasteiger partial charge is 3.00 e. The van der Waals surface area contributed by atoms with Crippen LogP contribution in [-0.4, -0.2) is 43.6 Å². The summed E-state index contributed by atoms with van der Waals surface area (Å²) >= 11 is 0. The molecule has 186 valence electrons. The minimum atomic E-state index is 0. The number of aromatic nitrogens is 9. The van der Waals surface area contributed by atoms with Crippen molar-refractivity contribution in [3.8, 4) is 0 Å². The molecule has 10 heteroatoms. The third kappa shape index (κ3) is 7.93. The minimum Gasteiger partial charge on any atom is -0.466 e. The van der Waals surface area contributed by atoms with Crippen LogP contribution in [0.3, 0.4) is 0 Å². The Morgan fingerprint density at radius 1 is 0.622 bits per heavy atom. The first-order valence-corrected chi connectivity index (χ1v) is 11.5. The van der Waals surface area contributed by atoms with Crippen molar-refractivity contribution < 1.29 is 20.1 Å². The Morgan fingerprint density at radius 2 is 1.14 bits per heavy atom. The Morgan fingerprint density at radius 3 is 1.57 bits per heavy atom. The zero-order valence-corrected chi connectivity index (χ0v) is 22.3. The summed E-state index contributed by atoms with van der Waals surface area (Å²) in [5.41, 5.74) is 4.23. The first-order valence-electron chi connectivity index (χ1n) is 11.5. The molecule has 0 atom stereocenters. The van der Waals surface area contributed by atoms with Crippen molar-refractivity contribution in [2.45, 2.75) is 26.2 Å². The van der Waals surface area contributed by atoms with E-state index in [0.29, 0.717) is 13.1 Å². The van der Waals surface area contributed by atoms with E-state index in [4.69, 9.17) is 0 Å². The molecule has 0 bridgehead atoms. The second kappa shape index (κ2) is 13.2. The zero-order chi connectivity index (χ0) is 24.4. The molecule has 0 aliphatic heterocycles. The summed E-state index contributed by atoms with van der Waals surface area (Å²) < 4.78 is 7.53. The fourth-order valence-corrected chi connectivity index (χ4v) is 3.64. The fourth-order valence-electron chi connectivity index (χ4n) is 3.64. The molecular weight excluding hydrogens is 643 g/mol. The Kier molecular flexibility index (Phi) is 9.29. The summed E-state index contributed by atoms with van der Waals surface area (Å²) in [5.74, 6) is 0. The van der Waals surface area contributed by atoms with Gasteiger partial charge in [-0.15, -0.1) is 35.9 Å². The van der Waals surface area contributed by atoms with Crippen LogP contribution in [0, 0.1) is 18.5 Å². The van der Waals surface area contributed by atoms with Crippen LogP contribution < -0.4 is 0 Å². The average Bonchev–Trinajstić information content (AvgIpc) is 3.70. The van der Waals surface area contributed by atoms with E-state index in [1.165, 1.54) is 12.7 Å². The topological polar surface area (TPSA) is 84.2 Å². The van der Waals surface area contributed by atoms with Crippen LogP contribution in [0.4, 0.5) is 0 Å². The first-order chi connectivity index (χ1) is 17.8. The number of hydrogen-bond acceptors (Lipinski definition) is 5. The van der Waals surface area contributed by atoms with Crippen LogP contribution in [-0.2, 0) is 46.3 Å². The number of nitrogens with zero attached hydrogens (tertiary/aromatic N) is 9. The van der Waals surface area contributed by atoms with E-state index in [9.17, 15) is 0 Å². The smallest absolute Gasteiger partial charge is 0.466 e.